The molecule has 0 aliphatic carbocycles. The van der Waals surface area contributed by atoms with Crippen LogP contribution in [0.2, 0.25) is 0 Å². The van der Waals surface area contributed by atoms with Crippen LogP contribution in [0.5, 0.6) is 11.5 Å². The fourth-order valence-corrected chi connectivity index (χ4v) is 4.21. The van der Waals surface area contributed by atoms with Gasteiger partial charge in [-0.15, -0.1) is 11.3 Å². The molecule has 0 amide bonds. The van der Waals surface area contributed by atoms with Crippen LogP contribution in [0.4, 0.5) is 0 Å². The first kappa shape index (κ1) is 14.5. The Morgan fingerprint density at radius 2 is 1.88 bits per heavy atom. The highest BCUT2D eigenvalue weighted by molar-refractivity contribution is 7.12. The van der Waals surface area contributed by atoms with E-state index in [1.165, 1.54) is 10.4 Å². The van der Waals surface area contributed by atoms with Crippen molar-refractivity contribution in [2.75, 3.05) is 0 Å². The third-order valence-corrected chi connectivity index (χ3v) is 5.60. The minimum absolute atomic E-state index is 0.167. The van der Waals surface area contributed by atoms with E-state index in [4.69, 9.17) is 9.84 Å². The quantitative estimate of drug-likeness (QED) is 0.730. The monoisotopic (exact) mass is 348 g/mol. The van der Waals surface area contributed by atoms with Crippen LogP contribution in [0.3, 0.4) is 0 Å². The maximum Gasteiger partial charge on any atom is 0.213 e. The lowest BCUT2D eigenvalue weighted by Crippen LogP contribution is -2.33. The second-order valence-electron chi connectivity index (χ2n) is 6.22. The molecule has 2 aliphatic rings. The zero-order valence-corrected chi connectivity index (χ0v) is 14.2. The Balaban J connectivity index is 1.60. The highest BCUT2D eigenvalue weighted by Gasteiger charge is 2.40. The van der Waals surface area contributed by atoms with Gasteiger partial charge >= 0.3 is 0 Å². The molecule has 3 heterocycles. The summed E-state index contributed by atoms with van der Waals surface area (Å²) in [5.74, 6) is 1.16. The lowest BCUT2D eigenvalue weighted by atomic mass is 9.98. The Morgan fingerprint density at radius 3 is 2.68 bits per heavy atom. The molecule has 5 heteroatoms. The van der Waals surface area contributed by atoms with Crippen LogP contribution in [-0.4, -0.2) is 15.8 Å². The van der Waals surface area contributed by atoms with Crippen molar-refractivity contribution in [1.82, 2.24) is 5.01 Å². The van der Waals surface area contributed by atoms with Gasteiger partial charge in [-0.2, -0.15) is 5.10 Å². The summed E-state index contributed by atoms with van der Waals surface area (Å²) in [5.41, 5.74) is 3.25. The largest absolute Gasteiger partial charge is 0.508 e. The van der Waals surface area contributed by atoms with Gasteiger partial charge in [0.2, 0.25) is 6.23 Å². The average Bonchev–Trinajstić information content (AvgIpc) is 3.31. The van der Waals surface area contributed by atoms with E-state index in [-0.39, 0.29) is 18.0 Å². The van der Waals surface area contributed by atoms with Crippen molar-refractivity contribution in [3.8, 4) is 11.5 Å². The zero-order valence-electron chi connectivity index (χ0n) is 13.4. The zero-order chi connectivity index (χ0) is 16.8. The number of benzene rings is 2. The molecule has 2 atom stereocenters. The summed E-state index contributed by atoms with van der Waals surface area (Å²) in [5, 5.41) is 18.6. The molecule has 0 fully saturated rings. The maximum atomic E-state index is 9.59. The minimum Gasteiger partial charge on any atom is -0.508 e. The van der Waals surface area contributed by atoms with E-state index in [1.54, 1.807) is 23.5 Å². The average molecular weight is 348 g/mol. The van der Waals surface area contributed by atoms with Crippen LogP contribution in [0.1, 0.15) is 34.7 Å². The van der Waals surface area contributed by atoms with Gasteiger partial charge in [0, 0.05) is 17.5 Å². The summed E-state index contributed by atoms with van der Waals surface area (Å²) in [6, 6.07) is 19.7. The number of fused-ring (bicyclic) bond motifs is 3. The molecule has 2 aromatic carbocycles. The van der Waals surface area contributed by atoms with Crippen LogP contribution in [0, 0.1) is 0 Å². The van der Waals surface area contributed by atoms with E-state index in [0.717, 1.165) is 23.4 Å². The van der Waals surface area contributed by atoms with Gasteiger partial charge in [-0.25, -0.2) is 5.01 Å². The molecule has 5 rings (SSSR count). The first-order valence-electron chi connectivity index (χ1n) is 8.24. The molecule has 1 N–H and O–H groups in total. The summed E-state index contributed by atoms with van der Waals surface area (Å²) in [7, 11) is 0. The lowest BCUT2D eigenvalue weighted by Gasteiger charge is -2.38. The molecule has 0 unspecified atom stereocenters. The van der Waals surface area contributed by atoms with Crippen molar-refractivity contribution < 1.29 is 9.84 Å². The molecule has 25 heavy (non-hydrogen) atoms. The van der Waals surface area contributed by atoms with Crippen molar-refractivity contribution in [3.63, 3.8) is 0 Å². The molecule has 124 valence electrons. The number of phenolic OH excluding ortho intramolecular Hbond substituents is 1. The number of ether oxygens (including phenoxy) is 1. The Morgan fingerprint density at radius 1 is 1.04 bits per heavy atom. The molecule has 3 aromatic rings. The van der Waals surface area contributed by atoms with Crippen molar-refractivity contribution in [2.24, 2.45) is 5.10 Å². The second kappa shape index (κ2) is 5.63. The maximum absolute atomic E-state index is 9.59. The van der Waals surface area contributed by atoms with Crippen LogP contribution >= 0.6 is 11.3 Å². The van der Waals surface area contributed by atoms with Crippen molar-refractivity contribution in [1.29, 1.82) is 0 Å². The SMILES string of the molecule is Oc1ccc([C@@H]2Oc3ccccc3[C@@H]3CC(c4cccs4)=NN32)cc1. The molecule has 0 bridgehead atoms. The molecule has 0 saturated heterocycles. The Bertz CT molecular complexity index is 935. The third-order valence-electron chi connectivity index (χ3n) is 4.68. The number of aromatic hydroxyl groups is 1. The smallest absolute Gasteiger partial charge is 0.213 e. The molecule has 0 radical (unpaired) electrons. The van der Waals surface area contributed by atoms with Gasteiger partial charge < -0.3 is 9.84 Å². The van der Waals surface area contributed by atoms with E-state index in [1.807, 2.05) is 30.3 Å². The van der Waals surface area contributed by atoms with E-state index in [0.29, 0.717) is 0 Å². The van der Waals surface area contributed by atoms with Crippen molar-refractivity contribution >= 4 is 17.0 Å². The van der Waals surface area contributed by atoms with Gasteiger partial charge in [0.05, 0.1) is 16.6 Å². The molecule has 4 nitrogen and oxygen atoms in total. The van der Waals surface area contributed by atoms with Crippen molar-refractivity contribution in [2.45, 2.75) is 18.7 Å². The number of thiophene rings is 1. The minimum atomic E-state index is -0.294. The number of nitrogens with zero attached hydrogens (tertiary/aromatic N) is 2. The van der Waals surface area contributed by atoms with E-state index < -0.39 is 0 Å². The number of rotatable bonds is 2. The number of hydrogen-bond acceptors (Lipinski definition) is 5. The second-order valence-corrected chi connectivity index (χ2v) is 7.17. The van der Waals surface area contributed by atoms with Crippen LogP contribution in [-0.2, 0) is 0 Å². The molecule has 0 saturated carbocycles. The van der Waals surface area contributed by atoms with E-state index in [9.17, 15) is 5.11 Å². The first-order valence-corrected chi connectivity index (χ1v) is 9.12. The Labute approximate surface area is 149 Å². The van der Waals surface area contributed by atoms with E-state index >= 15 is 0 Å². The van der Waals surface area contributed by atoms with Crippen LogP contribution < -0.4 is 4.74 Å². The van der Waals surface area contributed by atoms with Crippen molar-refractivity contribution in [3.05, 3.63) is 82.0 Å². The van der Waals surface area contributed by atoms with Gasteiger partial charge in [0.25, 0.3) is 0 Å². The fraction of sp³-hybridized carbons (Fsp3) is 0.150. The lowest BCUT2D eigenvalue weighted by molar-refractivity contribution is -0.0190. The highest BCUT2D eigenvalue weighted by Crippen LogP contribution is 2.47. The summed E-state index contributed by atoms with van der Waals surface area (Å²) in [6.45, 7) is 0. The van der Waals surface area contributed by atoms with Gasteiger partial charge in [-0.05, 0) is 41.8 Å². The topological polar surface area (TPSA) is 45.1 Å². The van der Waals surface area contributed by atoms with E-state index in [2.05, 4.69) is 28.6 Å². The Kier molecular flexibility index (Phi) is 3.28. The predicted molar refractivity (Wildman–Crippen MR) is 98.0 cm³/mol. The number of para-hydroxylation sites is 1. The van der Waals surface area contributed by atoms with Gasteiger partial charge in [0.15, 0.2) is 0 Å². The van der Waals surface area contributed by atoms with Gasteiger partial charge in [0.1, 0.15) is 11.5 Å². The first-order chi connectivity index (χ1) is 12.3. The number of hydrazone groups is 1. The molecular formula is C20H16N2O2S. The molecule has 1 aromatic heterocycles. The molecule has 0 spiro atoms. The Hall–Kier alpha value is -2.79. The molecule has 2 aliphatic heterocycles. The summed E-state index contributed by atoms with van der Waals surface area (Å²) >= 11 is 1.71. The number of hydrogen-bond donors (Lipinski definition) is 1. The summed E-state index contributed by atoms with van der Waals surface area (Å²) in [4.78, 5) is 1.20. The predicted octanol–water partition coefficient (Wildman–Crippen LogP) is 4.70. The van der Waals surface area contributed by atoms with Crippen LogP contribution in [0.25, 0.3) is 0 Å². The van der Waals surface area contributed by atoms with Gasteiger partial charge in [-0.1, -0.05) is 24.3 Å². The summed E-state index contributed by atoms with van der Waals surface area (Å²) < 4.78 is 6.28. The van der Waals surface area contributed by atoms with Gasteiger partial charge in [-0.3, -0.25) is 0 Å². The standard InChI is InChI=1S/C20H16N2O2S/c23-14-9-7-13(8-10-14)20-22-17(15-4-1-2-5-18(15)24-20)12-16(21-22)19-6-3-11-25-19/h1-11,17,20,23H,12H2/t17-,20-/m0/s1. The fourth-order valence-electron chi connectivity index (χ4n) is 3.48. The normalized spacial score (nSPS) is 21.3. The third kappa shape index (κ3) is 2.39. The van der Waals surface area contributed by atoms with Crippen LogP contribution in [0.15, 0.2) is 71.1 Å². The highest BCUT2D eigenvalue weighted by atomic mass is 32.1. The molecular weight excluding hydrogens is 332 g/mol. The number of phenols is 1. The summed E-state index contributed by atoms with van der Waals surface area (Å²) in [6.07, 6.45) is 0.577.